The van der Waals surface area contributed by atoms with Gasteiger partial charge in [-0.3, -0.25) is 23.9 Å². The molecular formula is C39H52N6O8S. The molecule has 3 heterocycles. The molecule has 3 saturated carbocycles. The molecular weight excluding hydrogens is 713 g/mol. The van der Waals surface area contributed by atoms with Crippen molar-refractivity contribution in [1.82, 2.24) is 30.2 Å². The third kappa shape index (κ3) is 7.92. The van der Waals surface area contributed by atoms with E-state index in [9.17, 15) is 27.6 Å². The third-order valence-corrected chi connectivity index (χ3v) is 13.5. The number of methoxy groups -OCH3 is 1. The van der Waals surface area contributed by atoms with Crippen LogP contribution in [-0.4, -0.2) is 89.5 Å². The Morgan fingerprint density at radius 2 is 1.85 bits per heavy atom. The average Bonchev–Trinajstić information content (AvgIpc) is 4.04. The van der Waals surface area contributed by atoms with E-state index < -0.39 is 68.1 Å². The lowest BCUT2D eigenvalue weighted by Gasteiger charge is -2.35. The first kappa shape index (κ1) is 38.0. The van der Waals surface area contributed by atoms with Crippen molar-refractivity contribution in [2.24, 2.45) is 23.2 Å². The lowest BCUT2D eigenvalue weighted by molar-refractivity contribution is -0.144. The minimum absolute atomic E-state index is 0.00147. The van der Waals surface area contributed by atoms with Crippen LogP contribution in [0, 0.1) is 23.2 Å². The van der Waals surface area contributed by atoms with E-state index in [1.54, 1.807) is 13.2 Å². The molecule has 1 saturated heterocycles. The quantitative estimate of drug-likeness (QED) is 0.354. The number of benzene rings is 1. The van der Waals surface area contributed by atoms with Gasteiger partial charge in [-0.15, -0.1) is 6.58 Å². The van der Waals surface area contributed by atoms with Crippen molar-refractivity contribution in [2.45, 2.75) is 120 Å². The van der Waals surface area contributed by atoms with Gasteiger partial charge in [-0.25, -0.2) is 18.4 Å². The van der Waals surface area contributed by atoms with Crippen LogP contribution in [0.2, 0.25) is 0 Å². The Hall–Kier alpha value is -4.27. The van der Waals surface area contributed by atoms with Crippen LogP contribution in [0.4, 0.5) is 0 Å². The summed E-state index contributed by atoms with van der Waals surface area (Å²) in [5.41, 5.74) is -0.296. The number of ether oxygens (including phenoxy) is 2. The van der Waals surface area contributed by atoms with Crippen LogP contribution in [0.15, 0.2) is 30.9 Å². The Morgan fingerprint density at radius 3 is 2.54 bits per heavy atom. The van der Waals surface area contributed by atoms with Crippen molar-refractivity contribution in [3.8, 4) is 11.6 Å². The minimum Gasteiger partial charge on any atom is -0.497 e. The number of aryl methyl sites for hydroxylation is 1. The molecule has 0 unspecified atom stereocenters. The fraction of sp³-hybridized carbons (Fsp3) is 0.641. The molecule has 5 aliphatic rings. The van der Waals surface area contributed by atoms with Crippen LogP contribution in [-0.2, 0) is 35.6 Å². The minimum atomic E-state index is -3.89. The summed E-state index contributed by atoms with van der Waals surface area (Å²) < 4.78 is 39.7. The Morgan fingerprint density at radius 1 is 1.07 bits per heavy atom. The number of hydrogen-bond acceptors (Lipinski definition) is 10. The molecule has 1 aromatic carbocycles. The van der Waals surface area contributed by atoms with Crippen LogP contribution in [0.25, 0.3) is 11.0 Å². The molecule has 2 aromatic rings. The molecule has 2 aliphatic heterocycles. The first-order valence-electron chi connectivity index (χ1n) is 19.2. The first-order valence-corrected chi connectivity index (χ1v) is 20.8. The summed E-state index contributed by atoms with van der Waals surface area (Å²) in [5, 5.41) is 5.22. The predicted molar refractivity (Wildman–Crippen MR) is 200 cm³/mol. The average molecular weight is 765 g/mol. The zero-order valence-corrected chi connectivity index (χ0v) is 32.4. The second-order valence-electron chi connectivity index (χ2n) is 16.9. The zero-order chi connectivity index (χ0) is 38.6. The molecule has 14 nitrogen and oxygen atoms in total. The van der Waals surface area contributed by atoms with Crippen LogP contribution >= 0.6 is 0 Å². The number of rotatable bonds is 7. The molecule has 0 spiro atoms. The largest absolute Gasteiger partial charge is 0.497 e. The van der Waals surface area contributed by atoms with E-state index in [1.807, 2.05) is 32.9 Å². The summed E-state index contributed by atoms with van der Waals surface area (Å²) in [4.78, 5) is 67.2. The second kappa shape index (κ2) is 14.4. The molecule has 1 aromatic heterocycles. The molecule has 2 bridgehead atoms. The van der Waals surface area contributed by atoms with Gasteiger partial charge in [-0.05, 0) is 67.9 Å². The van der Waals surface area contributed by atoms with Crippen molar-refractivity contribution in [3.05, 3.63) is 36.5 Å². The van der Waals surface area contributed by atoms with Crippen LogP contribution < -0.4 is 24.8 Å². The molecule has 292 valence electrons. The van der Waals surface area contributed by atoms with Gasteiger partial charge in [0.05, 0.1) is 29.9 Å². The maximum Gasteiger partial charge on any atom is 0.259 e. The van der Waals surface area contributed by atoms with Gasteiger partial charge in [0, 0.05) is 24.8 Å². The highest BCUT2D eigenvalue weighted by atomic mass is 32.2. The van der Waals surface area contributed by atoms with Crippen molar-refractivity contribution < 1.29 is 37.1 Å². The normalized spacial score (nSPS) is 30.4. The van der Waals surface area contributed by atoms with E-state index in [-0.39, 0.29) is 31.2 Å². The molecule has 7 rings (SSSR count). The highest BCUT2D eigenvalue weighted by molar-refractivity contribution is 7.91. The molecule has 4 fully saturated rings. The Balaban J connectivity index is 1.22. The maximum atomic E-state index is 14.7. The summed E-state index contributed by atoms with van der Waals surface area (Å²) in [6.45, 7) is 9.40. The van der Waals surface area contributed by atoms with Gasteiger partial charge in [-0.1, -0.05) is 46.1 Å². The molecule has 15 heteroatoms. The highest BCUT2D eigenvalue weighted by Crippen LogP contribution is 2.46. The monoisotopic (exact) mass is 764 g/mol. The number of carbonyl (C=O) groups is 4. The fourth-order valence-electron chi connectivity index (χ4n) is 8.05. The SMILES string of the molecule is C=C[C@@H]1C[C@]1(NC(=O)[C@@H]1C[C@@H]2CN1C(=O)[C@H](C(C)(C)C)NC(=O)C[C@H]1C[C@H]1CCCCCc1nc3ccc(OC)cc3nc1O2)C(=O)NS(=O)(=O)C1CC1. The van der Waals surface area contributed by atoms with E-state index >= 15 is 0 Å². The molecule has 54 heavy (non-hydrogen) atoms. The lowest BCUT2D eigenvalue weighted by Crippen LogP contribution is -2.60. The fourth-order valence-corrected chi connectivity index (χ4v) is 9.42. The van der Waals surface area contributed by atoms with Crippen molar-refractivity contribution >= 4 is 44.7 Å². The van der Waals surface area contributed by atoms with Crippen LogP contribution in [0.3, 0.4) is 0 Å². The van der Waals surface area contributed by atoms with Gasteiger partial charge in [0.1, 0.15) is 35.2 Å². The van der Waals surface area contributed by atoms with E-state index in [2.05, 4.69) is 21.9 Å². The number of fused-ring (bicyclic) bond motifs is 5. The highest BCUT2D eigenvalue weighted by Gasteiger charge is 2.62. The number of carbonyl (C=O) groups excluding carboxylic acids is 4. The first-order chi connectivity index (χ1) is 25.6. The maximum absolute atomic E-state index is 14.7. The Kier molecular flexibility index (Phi) is 10.2. The van der Waals surface area contributed by atoms with Gasteiger partial charge in [-0.2, -0.15) is 0 Å². The standard InChI is InChI=1S/C39H52N6O8S/c1-6-24-20-39(24,37(49)44-54(50,51)27-13-14-27)43-34(47)31-19-26-21-45(31)36(48)33(38(2,3)4)42-32(46)17-23-16-22(23)10-8-7-9-11-29-35(53-26)41-30-18-25(52-5)12-15-28(30)40-29/h6,12,15,18,22-24,26-27,31,33H,1,7-11,13-14,16-17,19-21H2,2-5H3,(H,42,46)(H,43,47)(H,44,49)/t22-,23-,24-,26-,31+,33-,39-/m1/s1. The van der Waals surface area contributed by atoms with E-state index in [0.29, 0.717) is 60.0 Å². The molecule has 3 N–H and O–H groups in total. The van der Waals surface area contributed by atoms with Gasteiger partial charge >= 0.3 is 0 Å². The second-order valence-corrected chi connectivity index (χ2v) is 18.9. The smallest absolute Gasteiger partial charge is 0.259 e. The predicted octanol–water partition coefficient (Wildman–Crippen LogP) is 3.33. The molecule has 7 atom stereocenters. The van der Waals surface area contributed by atoms with E-state index in [1.165, 1.54) is 11.0 Å². The number of hydrogen-bond donors (Lipinski definition) is 3. The molecule has 0 radical (unpaired) electrons. The van der Waals surface area contributed by atoms with E-state index in [0.717, 1.165) is 32.1 Å². The van der Waals surface area contributed by atoms with Gasteiger partial charge in [0.2, 0.25) is 33.6 Å². The van der Waals surface area contributed by atoms with Crippen LogP contribution in [0.5, 0.6) is 11.6 Å². The van der Waals surface area contributed by atoms with Crippen LogP contribution in [0.1, 0.15) is 90.7 Å². The summed E-state index contributed by atoms with van der Waals surface area (Å²) in [5.74, 6) is -0.917. The third-order valence-electron chi connectivity index (χ3n) is 11.7. The zero-order valence-electron chi connectivity index (χ0n) is 31.6. The summed E-state index contributed by atoms with van der Waals surface area (Å²) in [7, 11) is -2.31. The van der Waals surface area contributed by atoms with E-state index in [4.69, 9.17) is 19.4 Å². The Bertz CT molecular complexity index is 1960. The summed E-state index contributed by atoms with van der Waals surface area (Å²) in [6.07, 6.45) is 7.85. The summed E-state index contributed by atoms with van der Waals surface area (Å²) >= 11 is 0. The molecule has 3 aliphatic carbocycles. The van der Waals surface area contributed by atoms with Gasteiger partial charge < -0.3 is 25.0 Å². The number of amides is 4. The molecule has 4 amide bonds. The van der Waals surface area contributed by atoms with Gasteiger partial charge in [0.15, 0.2) is 0 Å². The lowest BCUT2D eigenvalue weighted by atomic mass is 9.85. The Labute approximate surface area is 316 Å². The van der Waals surface area contributed by atoms with Gasteiger partial charge in [0.25, 0.3) is 5.91 Å². The number of aromatic nitrogens is 2. The van der Waals surface area contributed by atoms with Crippen molar-refractivity contribution in [1.29, 1.82) is 0 Å². The number of sulfonamides is 1. The van der Waals surface area contributed by atoms with Crippen molar-refractivity contribution in [3.63, 3.8) is 0 Å². The number of nitrogens with zero attached hydrogens (tertiary/aromatic N) is 3. The topological polar surface area (TPSA) is 186 Å². The summed E-state index contributed by atoms with van der Waals surface area (Å²) in [6, 6.07) is 3.40. The number of nitrogens with one attached hydrogen (secondary N) is 3. The van der Waals surface area contributed by atoms with Crippen molar-refractivity contribution in [2.75, 3.05) is 13.7 Å².